The van der Waals surface area contributed by atoms with E-state index in [1.54, 1.807) is 18.0 Å². The van der Waals surface area contributed by atoms with E-state index in [0.29, 0.717) is 5.75 Å². The summed E-state index contributed by atoms with van der Waals surface area (Å²) in [6.07, 6.45) is 3.58. The molecule has 0 bridgehead atoms. The van der Waals surface area contributed by atoms with Crippen LogP contribution in [0.4, 0.5) is 17.1 Å². The Hall–Kier alpha value is -2.79. The summed E-state index contributed by atoms with van der Waals surface area (Å²) in [5.74, 6) is 0.617. The molecular formula is C20H17N3OS. The fourth-order valence-corrected chi connectivity index (χ4v) is 4.03. The third-order valence-electron chi connectivity index (χ3n) is 4.05. The van der Waals surface area contributed by atoms with E-state index in [-0.39, 0.29) is 11.3 Å². The summed E-state index contributed by atoms with van der Waals surface area (Å²) in [6, 6.07) is 21.9. The average molecular weight is 347 g/mol. The van der Waals surface area contributed by atoms with Crippen LogP contribution in [0.5, 0.6) is 0 Å². The number of anilines is 3. The summed E-state index contributed by atoms with van der Waals surface area (Å²) in [7, 11) is 0. The molecule has 1 atom stereocenters. The van der Waals surface area contributed by atoms with Crippen LogP contribution in [-0.2, 0) is 4.79 Å². The molecule has 0 radical (unpaired) electrons. The first-order valence-electron chi connectivity index (χ1n) is 8.07. The molecule has 0 spiro atoms. The van der Waals surface area contributed by atoms with E-state index in [2.05, 4.69) is 10.3 Å². The Labute approximate surface area is 150 Å². The maximum absolute atomic E-state index is 12.4. The lowest BCUT2D eigenvalue weighted by atomic mass is 10.2. The molecule has 25 heavy (non-hydrogen) atoms. The minimum atomic E-state index is -0.0193. The number of amides is 1. The van der Waals surface area contributed by atoms with Crippen molar-refractivity contribution in [2.45, 2.75) is 5.37 Å². The number of benzene rings is 2. The maximum Gasteiger partial charge on any atom is 0.238 e. The number of nitrogens with zero attached hydrogens (tertiary/aromatic N) is 2. The van der Waals surface area contributed by atoms with Gasteiger partial charge in [-0.25, -0.2) is 0 Å². The normalized spacial score (nSPS) is 16.9. The highest BCUT2D eigenvalue weighted by Crippen LogP contribution is 2.41. The number of carbonyl (C=O) groups is 1. The van der Waals surface area contributed by atoms with Gasteiger partial charge in [-0.2, -0.15) is 0 Å². The lowest BCUT2D eigenvalue weighted by molar-refractivity contribution is -0.115. The summed E-state index contributed by atoms with van der Waals surface area (Å²) in [5, 5.41) is 3.34. The first-order valence-corrected chi connectivity index (χ1v) is 9.12. The van der Waals surface area contributed by atoms with E-state index in [1.807, 2.05) is 77.8 Å². The fraction of sp³-hybridized carbons (Fsp3) is 0.100. The molecule has 1 N–H and O–H groups in total. The zero-order valence-corrected chi connectivity index (χ0v) is 14.3. The summed E-state index contributed by atoms with van der Waals surface area (Å²) >= 11 is 1.63. The Balaban J connectivity index is 1.57. The van der Waals surface area contributed by atoms with E-state index in [4.69, 9.17) is 0 Å². The number of hydrogen-bond donors (Lipinski definition) is 1. The number of hydrogen-bond acceptors (Lipinski definition) is 4. The van der Waals surface area contributed by atoms with Crippen LogP contribution in [0.3, 0.4) is 0 Å². The smallest absolute Gasteiger partial charge is 0.238 e. The zero-order chi connectivity index (χ0) is 17.1. The molecular weight excluding hydrogens is 330 g/mol. The van der Waals surface area contributed by atoms with Gasteiger partial charge in [0.05, 0.1) is 5.75 Å². The SMILES string of the molecule is O=C1CSC(c2cccnc2)N1c1ccc(Nc2ccccc2)cc1. The van der Waals surface area contributed by atoms with Crippen LogP contribution in [0, 0.1) is 0 Å². The Morgan fingerprint density at radius 3 is 2.44 bits per heavy atom. The quantitative estimate of drug-likeness (QED) is 0.749. The molecule has 1 aliphatic heterocycles. The Bertz CT molecular complexity index is 853. The Kier molecular flexibility index (Phi) is 4.39. The van der Waals surface area contributed by atoms with Crippen LogP contribution in [0.25, 0.3) is 0 Å². The third kappa shape index (κ3) is 3.37. The molecule has 1 amide bonds. The molecule has 0 saturated carbocycles. The van der Waals surface area contributed by atoms with Gasteiger partial charge in [-0.05, 0) is 42.5 Å². The number of pyridine rings is 1. The van der Waals surface area contributed by atoms with Crippen LogP contribution in [0.2, 0.25) is 0 Å². The van der Waals surface area contributed by atoms with Crippen LogP contribution >= 0.6 is 11.8 Å². The summed E-state index contributed by atoms with van der Waals surface area (Å²) < 4.78 is 0. The van der Waals surface area contributed by atoms with E-state index in [9.17, 15) is 4.79 Å². The van der Waals surface area contributed by atoms with E-state index in [1.165, 1.54) is 0 Å². The molecule has 1 unspecified atom stereocenters. The van der Waals surface area contributed by atoms with E-state index < -0.39 is 0 Å². The van der Waals surface area contributed by atoms with Crippen LogP contribution in [0.1, 0.15) is 10.9 Å². The lowest BCUT2D eigenvalue weighted by Crippen LogP contribution is -2.27. The molecule has 1 aromatic heterocycles. The second-order valence-corrected chi connectivity index (χ2v) is 6.82. The molecule has 0 aliphatic carbocycles. The van der Waals surface area contributed by atoms with Gasteiger partial charge in [0, 0.05) is 35.0 Å². The van der Waals surface area contributed by atoms with Crippen molar-refractivity contribution in [1.82, 2.24) is 4.98 Å². The van der Waals surface area contributed by atoms with Gasteiger partial charge >= 0.3 is 0 Å². The van der Waals surface area contributed by atoms with Crippen molar-refractivity contribution in [3.63, 3.8) is 0 Å². The van der Waals surface area contributed by atoms with Crippen molar-refractivity contribution >= 4 is 34.7 Å². The second kappa shape index (κ2) is 6.99. The summed E-state index contributed by atoms with van der Waals surface area (Å²) in [4.78, 5) is 18.4. The highest BCUT2D eigenvalue weighted by Gasteiger charge is 2.34. The topological polar surface area (TPSA) is 45.2 Å². The van der Waals surface area contributed by atoms with Crippen molar-refractivity contribution in [2.24, 2.45) is 0 Å². The van der Waals surface area contributed by atoms with Gasteiger partial charge in [0.2, 0.25) is 5.91 Å². The van der Waals surface area contributed by atoms with Crippen LogP contribution in [0.15, 0.2) is 79.1 Å². The minimum Gasteiger partial charge on any atom is -0.356 e. The standard InChI is InChI=1S/C20H17N3OS/c24-19-14-25-20(15-5-4-12-21-13-15)23(19)18-10-8-17(9-11-18)22-16-6-2-1-3-7-16/h1-13,20,22H,14H2. The predicted octanol–water partition coefficient (Wildman–Crippen LogP) is 4.60. The van der Waals surface area contributed by atoms with Gasteiger partial charge in [-0.15, -0.1) is 11.8 Å². The molecule has 4 nitrogen and oxygen atoms in total. The fourth-order valence-electron chi connectivity index (χ4n) is 2.87. The largest absolute Gasteiger partial charge is 0.356 e. The highest BCUT2D eigenvalue weighted by molar-refractivity contribution is 8.00. The molecule has 1 fully saturated rings. The number of nitrogens with one attached hydrogen (secondary N) is 1. The Morgan fingerprint density at radius 2 is 1.72 bits per heavy atom. The Morgan fingerprint density at radius 1 is 0.960 bits per heavy atom. The van der Waals surface area contributed by atoms with E-state index >= 15 is 0 Å². The zero-order valence-electron chi connectivity index (χ0n) is 13.5. The van der Waals surface area contributed by atoms with Gasteiger partial charge in [0.1, 0.15) is 5.37 Å². The van der Waals surface area contributed by atoms with Crippen molar-refractivity contribution in [3.8, 4) is 0 Å². The number of para-hydroxylation sites is 1. The van der Waals surface area contributed by atoms with Gasteiger partial charge < -0.3 is 5.32 Å². The number of aromatic nitrogens is 1. The molecule has 124 valence electrons. The minimum absolute atomic E-state index is 0.0193. The molecule has 3 aromatic rings. The van der Waals surface area contributed by atoms with Crippen LogP contribution in [-0.4, -0.2) is 16.6 Å². The van der Waals surface area contributed by atoms with Gasteiger partial charge in [0.25, 0.3) is 0 Å². The van der Waals surface area contributed by atoms with E-state index in [0.717, 1.165) is 22.6 Å². The summed E-state index contributed by atoms with van der Waals surface area (Å²) in [6.45, 7) is 0. The van der Waals surface area contributed by atoms with Gasteiger partial charge in [-0.3, -0.25) is 14.7 Å². The molecule has 4 rings (SSSR count). The molecule has 5 heteroatoms. The molecule has 1 aliphatic rings. The first kappa shape index (κ1) is 15.7. The van der Waals surface area contributed by atoms with Crippen molar-refractivity contribution in [3.05, 3.63) is 84.7 Å². The highest BCUT2D eigenvalue weighted by atomic mass is 32.2. The van der Waals surface area contributed by atoms with Crippen molar-refractivity contribution < 1.29 is 4.79 Å². The average Bonchev–Trinajstić information content (AvgIpc) is 3.05. The van der Waals surface area contributed by atoms with Gasteiger partial charge in [0.15, 0.2) is 0 Å². The number of carbonyl (C=O) groups excluding carboxylic acids is 1. The first-order chi connectivity index (χ1) is 12.3. The number of rotatable bonds is 4. The molecule has 1 saturated heterocycles. The van der Waals surface area contributed by atoms with Crippen LogP contribution < -0.4 is 10.2 Å². The predicted molar refractivity (Wildman–Crippen MR) is 103 cm³/mol. The number of thioether (sulfide) groups is 1. The van der Waals surface area contributed by atoms with Crippen molar-refractivity contribution in [1.29, 1.82) is 0 Å². The molecule has 2 heterocycles. The maximum atomic E-state index is 12.4. The summed E-state index contributed by atoms with van der Waals surface area (Å²) in [5.41, 5.74) is 3.98. The van der Waals surface area contributed by atoms with Crippen molar-refractivity contribution in [2.75, 3.05) is 16.0 Å². The second-order valence-electron chi connectivity index (χ2n) is 5.75. The van der Waals surface area contributed by atoms with Gasteiger partial charge in [-0.1, -0.05) is 24.3 Å². The molecule has 2 aromatic carbocycles. The monoisotopic (exact) mass is 347 g/mol. The third-order valence-corrected chi connectivity index (χ3v) is 5.26. The lowest BCUT2D eigenvalue weighted by Gasteiger charge is -2.24.